The number of methoxy groups -OCH3 is 12. The van der Waals surface area contributed by atoms with E-state index in [0.29, 0.717) is 66.8 Å². The average Bonchev–Trinajstić information content (AvgIpc) is 1.55. The van der Waals surface area contributed by atoms with Gasteiger partial charge in [0, 0.05) is 22.3 Å². The molecule has 2 N–H and O–H groups in total. The van der Waals surface area contributed by atoms with Crippen LogP contribution in [0.3, 0.4) is 0 Å². The van der Waals surface area contributed by atoms with Crippen LogP contribution in [0.25, 0.3) is 22.3 Å². The highest BCUT2D eigenvalue weighted by molar-refractivity contribution is 6.35. The molecular weight excluding hydrogens is 1450 g/mol. The number of hydrogen-bond donors (Lipinski definition) is 2. The molecule has 7 aliphatic rings. The van der Waals surface area contributed by atoms with Crippen LogP contribution in [0.1, 0.15) is 123 Å². The fourth-order valence-corrected chi connectivity index (χ4v) is 16.9. The van der Waals surface area contributed by atoms with Crippen LogP contribution in [0.5, 0.6) is 0 Å². The monoisotopic (exact) mass is 1530 g/mol. The topological polar surface area (TPSA) is 372 Å². The van der Waals surface area contributed by atoms with E-state index in [1.807, 2.05) is 0 Å². The first-order chi connectivity index (χ1) is 54.0. The smallest absolute Gasteiger partial charge is 0.337 e. The number of aliphatic imine (C=N–C) groups is 2. The summed E-state index contributed by atoms with van der Waals surface area (Å²) < 4.78 is 65.2. The Morgan fingerprint density at radius 3 is 0.705 bits per heavy atom. The molecule has 0 amide bonds. The summed E-state index contributed by atoms with van der Waals surface area (Å²) >= 11 is 0. The van der Waals surface area contributed by atoms with Crippen LogP contribution in [0.15, 0.2) is 141 Å². The van der Waals surface area contributed by atoms with Gasteiger partial charge >= 0.3 is 71.6 Å². The lowest BCUT2D eigenvalue weighted by molar-refractivity contribution is -0.158. The number of allylic oxidation sites excluding steroid dienone is 4. The molecule has 8 bridgehead atoms. The van der Waals surface area contributed by atoms with E-state index in [2.05, 4.69) is 9.97 Å². The summed E-state index contributed by atoms with van der Waals surface area (Å²) in [5, 5.41) is 0.464. The zero-order chi connectivity index (χ0) is 80.0. The molecule has 28 heteroatoms. The summed E-state index contributed by atoms with van der Waals surface area (Å²) in [5.74, 6) is -19.2. The first-order valence-corrected chi connectivity index (χ1v) is 35.7. The van der Waals surface area contributed by atoms with Crippen molar-refractivity contribution in [1.82, 2.24) is 9.97 Å². The van der Waals surface area contributed by atoms with Gasteiger partial charge in [-0.05, 0) is 167 Å². The third kappa shape index (κ3) is 13.4. The zero-order valence-corrected chi connectivity index (χ0v) is 63.2. The molecule has 0 saturated carbocycles. The maximum Gasteiger partial charge on any atom is 0.337 e. The van der Waals surface area contributed by atoms with Gasteiger partial charge in [-0.2, -0.15) is 0 Å². The molecule has 4 aromatic carbocycles. The molecule has 0 radical (unpaired) electrons. The van der Waals surface area contributed by atoms with Gasteiger partial charge in [-0.25, -0.2) is 29.2 Å². The Morgan fingerprint density at radius 1 is 0.259 bits per heavy atom. The molecule has 13 rings (SSSR count). The van der Waals surface area contributed by atoms with E-state index in [4.69, 9.17) is 66.8 Å². The normalized spacial score (nSPS) is 20.8. The minimum atomic E-state index is -1.27. The van der Waals surface area contributed by atoms with Crippen molar-refractivity contribution in [3.05, 3.63) is 220 Å². The molecule has 112 heavy (non-hydrogen) atoms. The second-order valence-electron chi connectivity index (χ2n) is 27.6. The number of carbonyl (C=O) groups is 12. The number of H-pyrrole nitrogens is 2. The third-order valence-corrected chi connectivity index (χ3v) is 22.4. The fourth-order valence-electron chi connectivity index (χ4n) is 16.9. The van der Waals surface area contributed by atoms with Gasteiger partial charge in [-0.1, -0.05) is 48.5 Å². The quantitative estimate of drug-likeness (QED) is 0.0749. The molecule has 6 aromatic rings. The van der Waals surface area contributed by atoms with Gasteiger partial charge in [0.05, 0.1) is 200 Å². The van der Waals surface area contributed by atoms with E-state index in [0.717, 1.165) is 0 Å². The van der Waals surface area contributed by atoms with E-state index >= 15 is 0 Å². The van der Waals surface area contributed by atoms with E-state index in [1.54, 1.807) is 48.5 Å². The van der Waals surface area contributed by atoms with Crippen LogP contribution in [0.2, 0.25) is 0 Å². The predicted molar refractivity (Wildman–Crippen MR) is 395 cm³/mol. The summed E-state index contributed by atoms with van der Waals surface area (Å²) in [6.07, 6.45) is -2.20. The number of benzene rings is 4. The standard InChI is InChI=1S/C84H78N4O24/c1-101-73(89)41-21-13-37(14-22-41)61-65-45-29-53(77(93)105-5)55(79(95)107-7)31-47(45)67(85-65)62(38-15-23-42(24-16-38)74(90)102-2)69-49-33-57(81(97)109-9)59(83(99)111-11)35-51(49)71(87-69)64(40-19-27-44(28-20-40)76(92)104-4)72-52-36-60(84(100)112-12)58(82(98)110-10)34-50(52)70(88-72)63(39-17-25-43(26-18-39)75(91)103-3)68-48-32-56(80(96)108-8)54(78(94)106-6)30-46(48)66(61)86-68/h13-28,53-60,85,88H,29-36H2,1-12H3. The molecule has 2 aliphatic heterocycles. The molecule has 28 nitrogen and oxygen atoms in total. The van der Waals surface area contributed by atoms with Gasteiger partial charge in [0.25, 0.3) is 0 Å². The minimum absolute atomic E-state index is 0.119. The molecule has 0 fully saturated rings. The van der Waals surface area contributed by atoms with Crippen molar-refractivity contribution in [3.63, 3.8) is 0 Å². The Kier molecular flexibility index (Phi) is 21.8. The van der Waals surface area contributed by atoms with Crippen molar-refractivity contribution < 1.29 is 114 Å². The first-order valence-electron chi connectivity index (χ1n) is 35.7. The van der Waals surface area contributed by atoms with Crippen molar-refractivity contribution in [2.24, 2.45) is 57.3 Å². The summed E-state index contributed by atoms with van der Waals surface area (Å²) in [7, 11) is 14.4. The number of aromatic nitrogens is 2. The van der Waals surface area contributed by atoms with E-state index in [-0.39, 0.29) is 141 Å². The second-order valence-corrected chi connectivity index (χ2v) is 27.6. The number of hydrogen-bond acceptors (Lipinski definition) is 26. The fraction of sp³-hybridized carbons (Fsp3) is 0.333. The number of nitrogens with one attached hydrogen (secondary N) is 2. The summed E-state index contributed by atoms with van der Waals surface area (Å²) in [6, 6.07) is 25.4. The van der Waals surface area contributed by atoms with Crippen LogP contribution in [-0.4, -0.2) is 178 Å². The number of aromatic amines is 2. The summed E-state index contributed by atoms with van der Waals surface area (Å²) in [5.41, 5.74) is 6.90. The van der Waals surface area contributed by atoms with Crippen LogP contribution < -0.4 is 10.7 Å². The van der Waals surface area contributed by atoms with Crippen LogP contribution in [0, 0.1) is 47.3 Å². The van der Waals surface area contributed by atoms with E-state index < -0.39 is 119 Å². The number of nitrogens with zero attached hydrogens (tertiary/aromatic N) is 2. The molecule has 578 valence electrons. The molecule has 0 spiro atoms. The predicted octanol–water partition coefficient (Wildman–Crippen LogP) is 6.72. The van der Waals surface area contributed by atoms with Gasteiger partial charge < -0.3 is 66.8 Å². The summed E-state index contributed by atoms with van der Waals surface area (Å²) in [6.45, 7) is 0. The largest absolute Gasteiger partial charge is 0.469 e. The minimum Gasteiger partial charge on any atom is -0.469 e. The van der Waals surface area contributed by atoms with Gasteiger partial charge in [0.2, 0.25) is 0 Å². The second kappa shape index (κ2) is 31.6. The molecule has 8 unspecified atom stereocenters. The number of esters is 12. The molecule has 0 saturated heterocycles. The van der Waals surface area contributed by atoms with Crippen molar-refractivity contribution in [2.75, 3.05) is 85.3 Å². The number of carbonyl (C=O) groups excluding carboxylic acids is 12. The van der Waals surface area contributed by atoms with Crippen LogP contribution >= 0.6 is 0 Å². The molecule has 5 aliphatic carbocycles. The highest BCUT2D eigenvalue weighted by Gasteiger charge is 2.51. The SMILES string of the molecule is COC(=O)c1ccc(C2=C3N=C(C4=C3CC(C(=O)OC)C(C(=O)OC)C4)C(c3ccc(C(=O)OC)cc3)=c3[nH]c(c4c3CC(C(=O)OC)C(C(=O)OC)C4)=C(c3ccc(C(=O)OC)cc3)C3=NC(=C(c4ccc(C(=O)OC)cc4)c4[nH]c2c2c4CC(C(=O)OC)C(C(=O)OC)C2)C2=C3CC(C(=O)OC)C(C(=O)OC)C2)cc1. The Bertz CT molecular complexity index is 5040. The molecule has 4 heterocycles. The average molecular weight is 1530 g/mol. The maximum atomic E-state index is 14.7. The van der Waals surface area contributed by atoms with Gasteiger partial charge in [0.15, 0.2) is 0 Å². The molecular formula is C84H78N4O24. The Balaban J connectivity index is 1.36. The lowest BCUT2D eigenvalue weighted by Crippen LogP contribution is -2.40. The van der Waals surface area contributed by atoms with Crippen LogP contribution in [-0.2, 0) is 121 Å². The first kappa shape index (κ1) is 77.3. The Hall–Kier alpha value is -12.9. The number of ether oxygens (including phenoxy) is 12. The van der Waals surface area contributed by atoms with Crippen LogP contribution in [0.4, 0.5) is 0 Å². The highest BCUT2D eigenvalue weighted by atomic mass is 16.6. The van der Waals surface area contributed by atoms with E-state index in [1.165, 1.54) is 134 Å². The van der Waals surface area contributed by atoms with E-state index in [9.17, 15) is 57.5 Å². The molecule has 8 atom stereocenters. The van der Waals surface area contributed by atoms with Gasteiger partial charge in [-0.3, -0.25) is 38.4 Å². The summed E-state index contributed by atoms with van der Waals surface area (Å²) in [4.78, 5) is 191. The van der Waals surface area contributed by atoms with Crippen molar-refractivity contribution in [1.29, 1.82) is 0 Å². The van der Waals surface area contributed by atoms with Crippen molar-refractivity contribution in [3.8, 4) is 0 Å². The third-order valence-electron chi connectivity index (χ3n) is 22.4. The lowest BCUT2D eigenvalue weighted by Gasteiger charge is -2.31. The van der Waals surface area contributed by atoms with Crippen molar-refractivity contribution in [2.45, 2.75) is 51.4 Å². The van der Waals surface area contributed by atoms with Gasteiger partial charge in [0.1, 0.15) is 0 Å². The number of rotatable bonds is 16. The lowest BCUT2D eigenvalue weighted by atomic mass is 9.71. The zero-order valence-electron chi connectivity index (χ0n) is 63.2. The Morgan fingerprint density at radius 2 is 0.473 bits per heavy atom. The maximum absolute atomic E-state index is 14.7. The highest BCUT2D eigenvalue weighted by Crippen LogP contribution is 2.54. The molecule has 2 aromatic heterocycles. The van der Waals surface area contributed by atoms with Crippen molar-refractivity contribution >= 4 is 105 Å². The Labute approximate surface area is 640 Å². The van der Waals surface area contributed by atoms with Gasteiger partial charge in [-0.15, -0.1) is 0 Å².